The molecule has 1 aromatic heterocycles. The minimum atomic E-state index is -0.0324. The van der Waals surface area contributed by atoms with Crippen molar-refractivity contribution in [3.8, 4) is 11.5 Å². The summed E-state index contributed by atoms with van der Waals surface area (Å²) in [7, 11) is 0. The van der Waals surface area contributed by atoms with Crippen LogP contribution in [-0.4, -0.2) is 16.1 Å². The zero-order valence-corrected chi connectivity index (χ0v) is 13.5. The molecule has 5 nitrogen and oxygen atoms in total. The predicted octanol–water partition coefficient (Wildman–Crippen LogP) is 3.29. The zero-order valence-electron chi connectivity index (χ0n) is 13.5. The number of rotatable bonds is 6. The van der Waals surface area contributed by atoms with Gasteiger partial charge in [0.2, 0.25) is 17.7 Å². The first-order chi connectivity index (χ1) is 11.7. The second-order valence-corrected chi connectivity index (χ2v) is 5.63. The zero-order chi connectivity index (χ0) is 16.8. The number of aryl methyl sites for hydroxylation is 2. The van der Waals surface area contributed by atoms with Gasteiger partial charge < -0.3 is 9.73 Å². The first-order valence-electron chi connectivity index (χ1n) is 7.91. The standard InChI is InChI=1S/C19H19N3O2/c1-14-7-9-15(10-8-14)13-20-17(23)11-12-18-21-22-19(24-18)16-5-3-2-4-6-16/h2-10H,11-13H2,1H3,(H,20,23). The van der Waals surface area contributed by atoms with Crippen molar-refractivity contribution >= 4 is 5.91 Å². The number of carbonyl (C=O) groups is 1. The minimum absolute atomic E-state index is 0.0324. The number of carbonyl (C=O) groups excluding carboxylic acids is 1. The Labute approximate surface area is 140 Å². The van der Waals surface area contributed by atoms with E-state index in [-0.39, 0.29) is 5.91 Å². The van der Waals surface area contributed by atoms with Gasteiger partial charge in [0, 0.05) is 24.9 Å². The molecule has 0 aliphatic carbocycles. The number of amides is 1. The highest BCUT2D eigenvalue weighted by atomic mass is 16.4. The van der Waals surface area contributed by atoms with E-state index in [0.29, 0.717) is 31.2 Å². The van der Waals surface area contributed by atoms with Crippen molar-refractivity contribution in [2.45, 2.75) is 26.3 Å². The van der Waals surface area contributed by atoms with Crippen LogP contribution in [0.2, 0.25) is 0 Å². The molecule has 3 aromatic rings. The molecule has 0 spiro atoms. The van der Waals surface area contributed by atoms with Crippen LogP contribution in [0.4, 0.5) is 0 Å². The molecule has 1 amide bonds. The van der Waals surface area contributed by atoms with Crippen molar-refractivity contribution in [2.75, 3.05) is 0 Å². The number of nitrogens with zero attached hydrogens (tertiary/aromatic N) is 2. The molecule has 0 saturated heterocycles. The Kier molecular flexibility index (Phi) is 5.01. The van der Waals surface area contributed by atoms with Crippen molar-refractivity contribution in [2.24, 2.45) is 0 Å². The molecule has 1 N–H and O–H groups in total. The summed E-state index contributed by atoms with van der Waals surface area (Å²) in [5, 5.41) is 10.9. The monoisotopic (exact) mass is 321 g/mol. The maximum Gasteiger partial charge on any atom is 0.247 e. The Hall–Kier alpha value is -2.95. The summed E-state index contributed by atoms with van der Waals surface area (Å²) in [4.78, 5) is 11.9. The van der Waals surface area contributed by atoms with E-state index in [4.69, 9.17) is 4.42 Å². The van der Waals surface area contributed by atoms with Gasteiger partial charge in [-0.15, -0.1) is 10.2 Å². The normalized spacial score (nSPS) is 10.5. The van der Waals surface area contributed by atoms with E-state index in [2.05, 4.69) is 15.5 Å². The van der Waals surface area contributed by atoms with Crippen LogP contribution < -0.4 is 5.32 Å². The first kappa shape index (κ1) is 15.9. The molecule has 0 fully saturated rings. The van der Waals surface area contributed by atoms with Gasteiger partial charge in [-0.25, -0.2) is 0 Å². The summed E-state index contributed by atoms with van der Waals surface area (Å²) in [6.07, 6.45) is 0.752. The fourth-order valence-corrected chi connectivity index (χ4v) is 2.27. The molecule has 0 unspecified atom stereocenters. The third-order valence-corrected chi connectivity index (χ3v) is 3.66. The van der Waals surface area contributed by atoms with Gasteiger partial charge in [-0.2, -0.15) is 0 Å². The highest BCUT2D eigenvalue weighted by molar-refractivity contribution is 5.76. The van der Waals surface area contributed by atoms with E-state index in [1.54, 1.807) is 0 Å². The quantitative estimate of drug-likeness (QED) is 0.756. The number of hydrogen-bond donors (Lipinski definition) is 1. The Morgan fingerprint density at radius 2 is 1.79 bits per heavy atom. The van der Waals surface area contributed by atoms with Crippen LogP contribution in [-0.2, 0) is 17.8 Å². The average molecular weight is 321 g/mol. The molecule has 0 aliphatic rings. The van der Waals surface area contributed by atoms with Gasteiger partial charge in [-0.1, -0.05) is 48.0 Å². The molecule has 0 saturated carbocycles. The van der Waals surface area contributed by atoms with E-state index in [1.807, 2.05) is 61.5 Å². The molecule has 1 heterocycles. The van der Waals surface area contributed by atoms with Gasteiger partial charge in [0.15, 0.2) is 0 Å². The molecule has 0 bridgehead atoms. The molecule has 0 aliphatic heterocycles. The van der Waals surface area contributed by atoms with Crippen molar-refractivity contribution in [3.05, 3.63) is 71.6 Å². The van der Waals surface area contributed by atoms with Crippen LogP contribution in [0.1, 0.15) is 23.4 Å². The lowest BCUT2D eigenvalue weighted by molar-refractivity contribution is -0.121. The Morgan fingerprint density at radius 3 is 2.54 bits per heavy atom. The van der Waals surface area contributed by atoms with Crippen LogP contribution in [0.15, 0.2) is 59.0 Å². The maximum absolute atomic E-state index is 11.9. The fraction of sp³-hybridized carbons (Fsp3) is 0.211. The van der Waals surface area contributed by atoms with Crippen molar-refractivity contribution in [3.63, 3.8) is 0 Å². The summed E-state index contributed by atoms with van der Waals surface area (Å²) in [6.45, 7) is 2.56. The summed E-state index contributed by atoms with van der Waals surface area (Å²) in [5.41, 5.74) is 3.16. The topological polar surface area (TPSA) is 68.0 Å². The molecule has 2 aromatic carbocycles. The van der Waals surface area contributed by atoms with Crippen LogP contribution >= 0.6 is 0 Å². The van der Waals surface area contributed by atoms with Crippen LogP contribution in [0.5, 0.6) is 0 Å². The molecule has 24 heavy (non-hydrogen) atoms. The van der Waals surface area contributed by atoms with Gasteiger partial charge >= 0.3 is 0 Å². The number of aromatic nitrogens is 2. The second-order valence-electron chi connectivity index (χ2n) is 5.63. The molecular formula is C19H19N3O2. The van der Waals surface area contributed by atoms with Gasteiger partial charge in [-0.3, -0.25) is 4.79 Å². The van der Waals surface area contributed by atoms with Gasteiger partial charge in [0.05, 0.1) is 0 Å². The molecule has 5 heteroatoms. The first-order valence-corrected chi connectivity index (χ1v) is 7.91. The molecule has 0 atom stereocenters. The maximum atomic E-state index is 11.9. The van der Waals surface area contributed by atoms with E-state index < -0.39 is 0 Å². The van der Waals surface area contributed by atoms with Crippen molar-refractivity contribution in [1.29, 1.82) is 0 Å². The summed E-state index contributed by atoms with van der Waals surface area (Å²) >= 11 is 0. The molecule has 3 rings (SSSR count). The number of nitrogens with one attached hydrogen (secondary N) is 1. The van der Waals surface area contributed by atoms with Crippen LogP contribution in [0.3, 0.4) is 0 Å². The minimum Gasteiger partial charge on any atom is -0.421 e. The van der Waals surface area contributed by atoms with Crippen molar-refractivity contribution < 1.29 is 9.21 Å². The SMILES string of the molecule is Cc1ccc(CNC(=O)CCc2nnc(-c3ccccc3)o2)cc1. The highest BCUT2D eigenvalue weighted by Crippen LogP contribution is 2.17. The fourth-order valence-electron chi connectivity index (χ4n) is 2.27. The number of hydrogen-bond acceptors (Lipinski definition) is 4. The lowest BCUT2D eigenvalue weighted by atomic mass is 10.1. The summed E-state index contributed by atoms with van der Waals surface area (Å²) in [6, 6.07) is 17.7. The Bertz CT molecular complexity index is 795. The third-order valence-electron chi connectivity index (χ3n) is 3.66. The van der Waals surface area contributed by atoms with Crippen molar-refractivity contribution in [1.82, 2.24) is 15.5 Å². The van der Waals surface area contributed by atoms with Gasteiger partial charge in [0.25, 0.3) is 0 Å². The Morgan fingerprint density at radius 1 is 1.04 bits per heavy atom. The smallest absolute Gasteiger partial charge is 0.247 e. The predicted molar refractivity (Wildman–Crippen MR) is 91.1 cm³/mol. The molecule has 122 valence electrons. The van der Waals surface area contributed by atoms with Crippen LogP contribution in [0, 0.1) is 6.92 Å². The largest absolute Gasteiger partial charge is 0.421 e. The van der Waals surface area contributed by atoms with E-state index >= 15 is 0 Å². The molecule has 0 radical (unpaired) electrons. The lowest BCUT2D eigenvalue weighted by Crippen LogP contribution is -2.23. The highest BCUT2D eigenvalue weighted by Gasteiger charge is 2.10. The number of benzene rings is 2. The lowest BCUT2D eigenvalue weighted by Gasteiger charge is -2.04. The van der Waals surface area contributed by atoms with Crippen LogP contribution in [0.25, 0.3) is 11.5 Å². The summed E-state index contributed by atoms with van der Waals surface area (Å²) < 4.78 is 5.59. The summed E-state index contributed by atoms with van der Waals surface area (Å²) in [5.74, 6) is 0.917. The van der Waals surface area contributed by atoms with E-state index in [9.17, 15) is 4.79 Å². The molecular weight excluding hydrogens is 302 g/mol. The third kappa shape index (κ3) is 4.29. The average Bonchev–Trinajstić information content (AvgIpc) is 3.09. The van der Waals surface area contributed by atoms with E-state index in [1.165, 1.54) is 5.56 Å². The van der Waals surface area contributed by atoms with Gasteiger partial charge in [-0.05, 0) is 24.6 Å². The second kappa shape index (κ2) is 7.55. The van der Waals surface area contributed by atoms with Gasteiger partial charge in [0.1, 0.15) is 0 Å². The Balaban J connectivity index is 1.48. The van der Waals surface area contributed by atoms with E-state index in [0.717, 1.165) is 11.1 Å².